The first-order valence-electron chi connectivity index (χ1n) is 9.26. The molecular weight excluding hydrogens is 380 g/mol. The van der Waals surface area contributed by atoms with Gasteiger partial charge in [-0.15, -0.1) is 12.4 Å². The van der Waals surface area contributed by atoms with E-state index in [9.17, 15) is 9.59 Å². The van der Waals surface area contributed by atoms with Gasteiger partial charge in [0.15, 0.2) is 5.69 Å². The molecular formula is C19H27ClN6O2. The molecule has 3 rings (SSSR count). The maximum absolute atomic E-state index is 12.6. The largest absolute Gasteiger partial charge is 0.336 e. The number of hydrogen-bond acceptors (Lipinski definition) is 4. The van der Waals surface area contributed by atoms with Crippen molar-refractivity contribution in [2.75, 3.05) is 23.7 Å². The van der Waals surface area contributed by atoms with E-state index in [1.807, 2.05) is 24.7 Å². The lowest BCUT2D eigenvalue weighted by Crippen LogP contribution is -2.34. The zero-order chi connectivity index (χ0) is 19.2. The van der Waals surface area contributed by atoms with Gasteiger partial charge in [0, 0.05) is 18.8 Å². The van der Waals surface area contributed by atoms with Crippen molar-refractivity contribution in [1.29, 1.82) is 0 Å². The van der Waals surface area contributed by atoms with Crippen LogP contribution >= 0.6 is 12.4 Å². The Morgan fingerprint density at radius 2 is 1.89 bits per heavy atom. The zero-order valence-corrected chi connectivity index (χ0v) is 16.9. The van der Waals surface area contributed by atoms with E-state index in [0.717, 1.165) is 25.9 Å². The summed E-state index contributed by atoms with van der Waals surface area (Å²) in [7, 11) is 0. The van der Waals surface area contributed by atoms with E-state index in [0.29, 0.717) is 17.1 Å². The Balaban J connectivity index is 0.00000280. The fraction of sp³-hybridized carbons (Fsp3) is 0.421. The van der Waals surface area contributed by atoms with Gasteiger partial charge >= 0.3 is 6.03 Å². The molecule has 1 fully saturated rings. The number of anilines is 2. The number of rotatable bonds is 5. The van der Waals surface area contributed by atoms with Gasteiger partial charge in [-0.25, -0.2) is 4.79 Å². The molecule has 152 valence electrons. The number of hydrogen-bond donors (Lipinski definition) is 4. The minimum atomic E-state index is -0.319. The summed E-state index contributed by atoms with van der Waals surface area (Å²) in [6.07, 6.45) is 3.99. The summed E-state index contributed by atoms with van der Waals surface area (Å²) in [4.78, 5) is 24.5. The number of para-hydroxylation sites is 2. The molecule has 2 aromatic rings. The average Bonchev–Trinajstić information content (AvgIpc) is 3.14. The summed E-state index contributed by atoms with van der Waals surface area (Å²) >= 11 is 0. The standard InChI is InChI=1S/C19H26N6O2.ClH/c1-13(2)21-19(27)23-16-8-4-3-7-15(16)22-18(26)17-9-11-25(24-17)14-6-5-10-20-12-14;/h3-4,7-9,11,13-14,20H,5-6,10,12H2,1-2H3,(H,22,26)(H2,21,23,27);1H. The second-order valence-electron chi connectivity index (χ2n) is 6.93. The van der Waals surface area contributed by atoms with Gasteiger partial charge in [0.2, 0.25) is 0 Å². The molecule has 9 heteroatoms. The van der Waals surface area contributed by atoms with Gasteiger partial charge in [0.1, 0.15) is 0 Å². The minimum absolute atomic E-state index is 0. The van der Waals surface area contributed by atoms with Crippen LogP contribution in [0.4, 0.5) is 16.2 Å². The topological polar surface area (TPSA) is 100 Å². The van der Waals surface area contributed by atoms with Gasteiger partial charge in [0.05, 0.1) is 17.4 Å². The Hall–Kier alpha value is -2.58. The maximum atomic E-state index is 12.6. The van der Waals surface area contributed by atoms with Gasteiger partial charge in [-0.3, -0.25) is 9.48 Å². The van der Waals surface area contributed by atoms with Crippen LogP contribution in [0, 0.1) is 0 Å². The molecule has 1 unspecified atom stereocenters. The third kappa shape index (κ3) is 5.71. The highest BCUT2D eigenvalue weighted by molar-refractivity contribution is 6.06. The van der Waals surface area contributed by atoms with E-state index in [-0.39, 0.29) is 36.4 Å². The lowest BCUT2D eigenvalue weighted by molar-refractivity contribution is 0.102. The number of benzene rings is 1. The summed E-state index contributed by atoms with van der Waals surface area (Å²) in [5, 5.41) is 16.1. The van der Waals surface area contributed by atoms with Gasteiger partial charge in [-0.05, 0) is 51.4 Å². The van der Waals surface area contributed by atoms with Gasteiger partial charge in [-0.2, -0.15) is 5.10 Å². The third-order valence-electron chi connectivity index (χ3n) is 4.33. The minimum Gasteiger partial charge on any atom is -0.336 e. The van der Waals surface area contributed by atoms with E-state index in [2.05, 4.69) is 26.4 Å². The molecule has 1 aromatic heterocycles. The van der Waals surface area contributed by atoms with Crippen molar-refractivity contribution in [2.45, 2.75) is 38.8 Å². The molecule has 1 atom stereocenters. The number of piperidine rings is 1. The molecule has 4 N–H and O–H groups in total. The summed E-state index contributed by atoms with van der Waals surface area (Å²) in [5.41, 5.74) is 1.40. The van der Waals surface area contributed by atoms with Crippen LogP contribution in [0.2, 0.25) is 0 Å². The second kappa shape index (κ2) is 10.1. The van der Waals surface area contributed by atoms with Crippen LogP contribution in [0.5, 0.6) is 0 Å². The Labute approximate surface area is 170 Å². The van der Waals surface area contributed by atoms with Crippen LogP contribution in [0.1, 0.15) is 43.2 Å². The first-order chi connectivity index (χ1) is 13.0. The van der Waals surface area contributed by atoms with Crippen LogP contribution < -0.4 is 21.3 Å². The molecule has 2 heterocycles. The number of nitrogens with zero attached hydrogens (tertiary/aromatic N) is 2. The van der Waals surface area contributed by atoms with Crippen molar-refractivity contribution in [2.24, 2.45) is 0 Å². The van der Waals surface area contributed by atoms with E-state index in [4.69, 9.17) is 0 Å². The molecule has 0 bridgehead atoms. The van der Waals surface area contributed by atoms with Crippen molar-refractivity contribution in [3.8, 4) is 0 Å². The predicted octanol–water partition coefficient (Wildman–Crippen LogP) is 3.01. The van der Waals surface area contributed by atoms with Crippen LogP contribution in [0.15, 0.2) is 36.5 Å². The molecule has 8 nitrogen and oxygen atoms in total. The first-order valence-corrected chi connectivity index (χ1v) is 9.26. The van der Waals surface area contributed by atoms with Crippen LogP contribution in [-0.4, -0.2) is 40.9 Å². The SMILES string of the molecule is CC(C)NC(=O)Nc1ccccc1NC(=O)c1ccn(C2CCCNC2)n1.Cl. The molecule has 0 aliphatic carbocycles. The highest BCUT2D eigenvalue weighted by atomic mass is 35.5. The summed E-state index contributed by atoms with van der Waals surface area (Å²) in [5.74, 6) is -0.309. The predicted molar refractivity (Wildman–Crippen MR) is 112 cm³/mol. The quantitative estimate of drug-likeness (QED) is 0.613. The van der Waals surface area contributed by atoms with Crippen molar-refractivity contribution < 1.29 is 9.59 Å². The van der Waals surface area contributed by atoms with Gasteiger partial charge < -0.3 is 21.3 Å². The number of urea groups is 1. The fourth-order valence-electron chi connectivity index (χ4n) is 3.03. The van der Waals surface area contributed by atoms with Crippen molar-refractivity contribution in [3.63, 3.8) is 0 Å². The molecule has 1 aliphatic heterocycles. The Bertz CT molecular complexity index is 801. The molecule has 0 saturated carbocycles. The number of amides is 3. The molecule has 0 radical (unpaired) electrons. The molecule has 1 saturated heterocycles. The Morgan fingerprint density at radius 3 is 2.54 bits per heavy atom. The number of halogens is 1. The monoisotopic (exact) mass is 406 g/mol. The van der Waals surface area contributed by atoms with Gasteiger partial charge in [0.25, 0.3) is 5.91 Å². The third-order valence-corrected chi connectivity index (χ3v) is 4.33. The number of aromatic nitrogens is 2. The molecule has 0 spiro atoms. The second-order valence-corrected chi connectivity index (χ2v) is 6.93. The van der Waals surface area contributed by atoms with Crippen LogP contribution in [0.3, 0.4) is 0 Å². The first kappa shape index (κ1) is 21.7. The summed E-state index contributed by atoms with van der Waals surface area (Å²) in [6, 6.07) is 8.76. The lowest BCUT2D eigenvalue weighted by Gasteiger charge is -2.22. The Morgan fingerprint density at radius 1 is 1.18 bits per heavy atom. The highest BCUT2D eigenvalue weighted by Gasteiger charge is 2.18. The van der Waals surface area contributed by atoms with Gasteiger partial charge in [-0.1, -0.05) is 12.1 Å². The fourth-order valence-corrected chi connectivity index (χ4v) is 3.03. The van der Waals surface area contributed by atoms with Crippen molar-refractivity contribution >= 4 is 35.7 Å². The van der Waals surface area contributed by atoms with Crippen LogP contribution in [-0.2, 0) is 0 Å². The summed E-state index contributed by atoms with van der Waals surface area (Å²) < 4.78 is 1.85. The highest BCUT2D eigenvalue weighted by Crippen LogP contribution is 2.22. The number of carbonyl (C=O) groups is 2. The number of nitrogens with one attached hydrogen (secondary N) is 4. The number of carbonyl (C=O) groups excluding carboxylic acids is 2. The molecule has 1 aromatic carbocycles. The zero-order valence-electron chi connectivity index (χ0n) is 16.1. The Kier molecular flexibility index (Phi) is 7.83. The molecule has 28 heavy (non-hydrogen) atoms. The van der Waals surface area contributed by atoms with E-state index in [1.54, 1.807) is 30.3 Å². The lowest BCUT2D eigenvalue weighted by atomic mass is 10.1. The van der Waals surface area contributed by atoms with Crippen molar-refractivity contribution in [1.82, 2.24) is 20.4 Å². The maximum Gasteiger partial charge on any atom is 0.319 e. The van der Waals surface area contributed by atoms with E-state index in [1.165, 1.54) is 0 Å². The van der Waals surface area contributed by atoms with E-state index >= 15 is 0 Å². The van der Waals surface area contributed by atoms with E-state index < -0.39 is 0 Å². The molecule has 1 aliphatic rings. The smallest absolute Gasteiger partial charge is 0.319 e. The van der Waals surface area contributed by atoms with Crippen LogP contribution in [0.25, 0.3) is 0 Å². The molecule has 3 amide bonds. The average molecular weight is 407 g/mol. The normalized spacial score (nSPS) is 16.2. The summed E-state index contributed by atoms with van der Waals surface area (Å²) in [6.45, 7) is 5.65. The van der Waals surface area contributed by atoms with Crippen molar-refractivity contribution in [3.05, 3.63) is 42.2 Å².